The van der Waals surface area contributed by atoms with Gasteiger partial charge in [0.05, 0.1) is 22.7 Å². The molecule has 3 N–H and O–H groups in total. The predicted molar refractivity (Wildman–Crippen MR) is 76.5 cm³/mol. The summed E-state index contributed by atoms with van der Waals surface area (Å²) < 4.78 is 38.7. The van der Waals surface area contributed by atoms with E-state index in [1.807, 2.05) is 6.92 Å². The van der Waals surface area contributed by atoms with Crippen LogP contribution in [0.25, 0.3) is 0 Å². The summed E-state index contributed by atoms with van der Waals surface area (Å²) in [5.74, 6) is 0. The zero-order chi connectivity index (χ0) is 15.7. The molecule has 21 heavy (non-hydrogen) atoms. The van der Waals surface area contributed by atoms with Crippen LogP contribution in [0.2, 0.25) is 0 Å². The number of hydrogen-bond acceptors (Lipinski definition) is 4. The van der Waals surface area contributed by atoms with E-state index >= 15 is 0 Å². The fraction of sp³-hybridized carbons (Fsp3) is 0.385. The lowest BCUT2D eigenvalue weighted by molar-refractivity contribution is -0.137. The molecule has 112 valence electrons. The smallest absolute Gasteiger partial charge is 0.348 e. The van der Waals surface area contributed by atoms with E-state index in [2.05, 4.69) is 16.2 Å². The average molecular weight is 314 g/mol. The van der Waals surface area contributed by atoms with Crippen molar-refractivity contribution in [3.05, 3.63) is 29.3 Å². The van der Waals surface area contributed by atoms with E-state index < -0.39 is 22.8 Å². The Bertz CT molecular complexity index is 600. The van der Waals surface area contributed by atoms with Crippen LogP contribution in [0.5, 0.6) is 0 Å². The molecule has 0 bridgehead atoms. The lowest BCUT2D eigenvalue weighted by Gasteiger charge is -2.25. The lowest BCUT2D eigenvalue weighted by Crippen LogP contribution is -2.49. The van der Waals surface area contributed by atoms with Crippen LogP contribution in [0.15, 0.2) is 18.2 Å². The van der Waals surface area contributed by atoms with E-state index in [1.165, 1.54) is 6.07 Å². The number of alkyl halides is 3. The normalized spacial score (nSPS) is 21.9. The zero-order valence-corrected chi connectivity index (χ0v) is 12.0. The zero-order valence-electron chi connectivity index (χ0n) is 11.1. The minimum Gasteiger partial charge on any atom is -0.348 e. The van der Waals surface area contributed by atoms with Crippen LogP contribution in [0, 0.1) is 11.3 Å². The van der Waals surface area contributed by atoms with Gasteiger partial charge in [-0.15, -0.1) is 0 Å². The van der Waals surface area contributed by atoms with Crippen molar-refractivity contribution < 1.29 is 13.2 Å². The van der Waals surface area contributed by atoms with Gasteiger partial charge in [0, 0.05) is 12.2 Å². The van der Waals surface area contributed by atoms with Gasteiger partial charge in [-0.1, -0.05) is 12.2 Å². The Balaban J connectivity index is 2.26. The Labute approximate surface area is 125 Å². The number of nitriles is 1. The van der Waals surface area contributed by atoms with E-state index in [1.54, 1.807) is 6.07 Å². The van der Waals surface area contributed by atoms with Crippen LogP contribution >= 0.6 is 12.2 Å². The van der Waals surface area contributed by atoms with Gasteiger partial charge >= 0.3 is 6.18 Å². The molecule has 4 nitrogen and oxygen atoms in total. The number of rotatable bonds is 2. The quantitative estimate of drug-likeness (QED) is 0.733. The van der Waals surface area contributed by atoms with E-state index in [-0.39, 0.29) is 5.69 Å². The average Bonchev–Trinajstić information content (AvgIpc) is 2.86. The van der Waals surface area contributed by atoms with E-state index in [4.69, 9.17) is 17.5 Å². The van der Waals surface area contributed by atoms with Crippen LogP contribution in [0.4, 0.5) is 18.9 Å². The molecule has 1 aromatic rings. The van der Waals surface area contributed by atoms with Crippen molar-refractivity contribution >= 4 is 22.9 Å². The standard InChI is InChI=1S/C13H13F3N4S/c1-12(4-5-18-20-12)11(21)19-9-3-2-8(7-17)10(6-9)13(14,15)16/h2-3,6,18,20H,4-5H2,1H3,(H,19,21). The minimum absolute atomic E-state index is 0.209. The van der Waals surface area contributed by atoms with Crippen LogP contribution in [-0.2, 0) is 6.18 Å². The topological polar surface area (TPSA) is 59.9 Å². The molecule has 0 amide bonds. The van der Waals surface area contributed by atoms with Crippen LogP contribution in [0.3, 0.4) is 0 Å². The van der Waals surface area contributed by atoms with Crippen LogP contribution in [-0.4, -0.2) is 17.1 Å². The molecule has 1 aliphatic rings. The molecule has 1 saturated heterocycles. The highest BCUT2D eigenvalue weighted by atomic mass is 32.1. The molecule has 8 heteroatoms. The first-order valence-electron chi connectivity index (χ1n) is 6.19. The Morgan fingerprint density at radius 2 is 2.19 bits per heavy atom. The maximum atomic E-state index is 12.9. The van der Waals surface area contributed by atoms with Gasteiger partial charge in [0.2, 0.25) is 0 Å². The Kier molecular flexibility index (Phi) is 4.18. The number of halogens is 3. The Morgan fingerprint density at radius 1 is 1.48 bits per heavy atom. The van der Waals surface area contributed by atoms with Crippen molar-refractivity contribution in [1.82, 2.24) is 10.9 Å². The van der Waals surface area contributed by atoms with Gasteiger partial charge in [0.25, 0.3) is 0 Å². The number of thiocarbonyl (C=S) groups is 1. The first-order chi connectivity index (χ1) is 9.76. The van der Waals surface area contributed by atoms with Gasteiger partial charge in [-0.25, -0.2) is 5.43 Å². The van der Waals surface area contributed by atoms with Crippen molar-refractivity contribution in [3.8, 4) is 6.07 Å². The van der Waals surface area contributed by atoms with Crippen LogP contribution in [0.1, 0.15) is 24.5 Å². The summed E-state index contributed by atoms with van der Waals surface area (Å²) in [5, 5.41) is 11.6. The Morgan fingerprint density at radius 3 is 2.71 bits per heavy atom. The lowest BCUT2D eigenvalue weighted by atomic mass is 10.00. The third kappa shape index (κ3) is 3.32. The van der Waals surface area contributed by atoms with E-state index in [9.17, 15) is 13.2 Å². The predicted octanol–water partition coefficient (Wildman–Crippen LogP) is 2.57. The van der Waals surface area contributed by atoms with Crippen molar-refractivity contribution in [2.45, 2.75) is 25.1 Å². The summed E-state index contributed by atoms with van der Waals surface area (Å²) in [6, 6.07) is 4.99. The summed E-state index contributed by atoms with van der Waals surface area (Å²) in [6.07, 6.45) is -3.86. The maximum Gasteiger partial charge on any atom is 0.417 e. The summed E-state index contributed by atoms with van der Waals surface area (Å²) in [4.78, 5) is 0.394. The highest BCUT2D eigenvalue weighted by molar-refractivity contribution is 7.80. The van der Waals surface area contributed by atoms with Crippen molar-refractivity contribution in [3.63, 3.8) is 0 Å². The molecule has 1 heterocycles. The van der Waals surface area contributed by atoms with Gasteiger partial charge in [-0.3, -0.25) is 5.43 Å². The van der Waals surface area contributed by atoms with Gasteiger partial charge in [-0.05, 0) is 31.5 Å². The minimum atomic E-state index is -4.58. The van der Waals surface area contributed by atoms with Gasteiger partial charge in [-0.2, -0.15) is 18.4 Å². The SMILES string of the molecule is CC1(C(=S)Nc2ccc(C#N)c(C(F)(F)F)c2)CCNN1. The summed E-state index contributed by atoms with van der Waals surface area (Å²) >= 11 is 5.25. The summed E-state index contributed by atoms with van der Waals surface area (Å²) in [5.41, 5.74) is 4.24. The third-order valence-electron chi connectivity index (χ3n) is 3.32. The van der Waals surface area contributed by atoms with Crippen molar-refractivity contribution in [2.24, 2.45) is 0 Å². The van der Waals surface area contributed by atoms with Gasteiger partial charge in [0.15, 0.2) is 0 Å². The monoisotopic (exact) mass is 314 g/mol. The molecule has 1 aromatic carbocycles. The first kappa shape index (κ1) is 15.7. The third-order valence-corrected chi connectivity index (χ3v) is 3.87. The first-order valence-corrected chi connectivity index (χ1v) is 6.60. The number of anilines is 1. The highest BCUT2D eigenvalue weighted by Gasteiger charge is 2.35. The second kappa shape index (κ2) is 5.60. The number of benzene rings is 1. The van der Waals surface area contributed by atoms with Crippen LogP contribution < -0.4 is 16.2 Å². The summed E-state index contributed by atoms with van der Waals surface area (Å²) in [7, 11) is 0. The maximum absolute atomic E-state index is 12.9. The van der Waals surface area contributed by atoms with E-state index in [0.29, 0.717) is 4.99 Å². The Hall–Kier alpha value is -1.69. The largest absolute Gasteiger partial charge is 0.417 e. The molecule has 1 aliphatic heterocycles. The second-order valence-corrected chi connectivity index (χ2v) is 5.37. The van der Waals surface area contributed by atoms with Crippen molar-refractivity contribution in [2.75, 3.05) is 11.9 Å². The second-order valence-electron chi connectivity index (χ2n) is 4.96. The molecule has 0 radical (unpaired) electrons. The highest BCUT2D eigenvalue weighted by Crippen LogP contribution is 2.33. The number of nitrogens with one attached hydrogen (secondary N) is 3. The number of nitrogens with zero attached hydrogens (tertiary/aromatic N) is 1. The van der Waals surface area contributed by atoms with Gasteiger partial charge < -0.3 is 5.32 Å². The molecule has 0 spiro atoms. The molecule has 1 fully saturated rings. The molecule has 2 rings (SSSR count). The van der Waals surface area contributed by atoms with Crippen molar-refractivity contribution in [1.29, 1.82) is 5.26 Å². The molecule has 0 aromatic heterocycles. The fourth-order valence-corrected chi connectivity index (χ4v) is 2.30. The number of hydrazine groups is 1. The molecule has 0 saturated carbocycles. The molecule has 1 unspecified atom stereocenters. The van der Waals surface area contributed by atoms with Gasteiger partial charge in [0.1, 0.15) is 4.99 Å². The summed E-state index contributed by atoms with van der Waals surface area (Å²) in [6.45, 7) is 2.58. The number of hydrogen-bond donors (Lipinski definition) is 3. The molecule has 1 atom stereocenters. The van der Waals surface area contributed by atoms with E-state index in [0.717, 1.165) is 25.1 Å². The molecule has 0 aliphatic carbocycles. The fourth-order valence-electron chi connectivity index (χ4n) is 2.03. The molecular formula is C13H13F3N4S. The molecular weight excluding hydrogens is 301 g/mol.